The highest BCUT2D eigenvalue weighted by Gasteiger charge is 2.26. The molecule has 1 aliphatic heterocycles. The zero-order valence-corrected chi connectivity index (χ0v) is 17.2. The minimum Gasteiger partial charge on any atom is -0.475 e. The van der Waals surface area contributed by atoms with Gasteiger partial charge in [0.25, 0.3) is 0 Å². The van der Waals surface area contributed by atoms with Gasteiger partial charge in [-0.1, -0.05) is 82.3 Å². The standard InChI is InChI=1S/C23H19F2NOS2/c24-19-7-4-8-20(25)22(19)23-26-21(13-27-23)18-11-9-17(10-12-18)15-29-28-14-16-5-2-1-3-6-16/h1-12,21H,13-15H2. The normalized spacial score (nSPS) is 15.8. The number of hydrogen-bond acceptors (Lipinski definition) is 4. The van der Waals surface area contributed by atoms with Crippen LogP contribution in [0.4, 0.5) is 8.78 Å². The third-order valence-electron chi connectivity index (χ3n) is 4.57. The number of aliphatic imine (C=N–C) groups is 1. The van der Waals surface area contributed by atoms with Crippen LogP contribution in [0.5, 0.6) is 0 Å². The number of hydrogen-bond donors (Lipinski definition) is 0. The molecule has 0 aromatic heterocycles. The predicted octanol–water partition coefficient (Wildman–Crippen LogP) is 6.56. The van der Waals surface area contributed by atoms with Crippen LogP contribution in [0.3, 0.4) is 0 Å². The molecule has 0 saturated carbocycles. The van der Waals surface area contributed by atoms with E-state index in [1.165, 1.54) is 29.3 Å². The summed E-state index contributed by atoms with van der Waals surface area (Å²) in [7, 11) is 3.66. The third-order valence-corrected chi connectivity index (χ3v) is 6.85. The Labute approximate surface area is 176 Å². The van der Waals surface area contributed by atoms with Crippen molar-refractivity contribution in [3.63, 3.8) is 0 Å². The predicted molar refractivity (Wildman–Crippen MR) is 117 cm³/mol. The molecule has 29 heavy (non-hydrogen) atoms. The van der Waals surface area contributed by atoms with Crippen LogP contribution in [0.2, 0.25) is 0 Å². The molecule has 0 radical (unpaired) electrons. The summed E-state index contributed by atoms with van der Waals surface area (Å²) in [6.45, 7) is 0.282. The van der Waals surface area contributed by atoms with Crippen LogP contribution < -0.4 is 0 Å². The molecule has 0 saturated heterocycles. The van der Waals surface area contributed by atoms with Gasteiger partial charge < -0.3 is 4.74 Å². The lowest BCUT2D eigenvalue weighted by molar-refractivity contribution is 0.317. The third kappa shape index (κ3) is 5.00. The van der Waals surface area contributed by atoms with Crippen molar-refractivity contribution in [1.29, 1.82) is 0 Å². The van der Waals surface area contributed by atoms with Gasteiger partial charge in [-0.15, -0.1) is 0 Å². The Bertz CT molecular complexity index is 973. The van der Waals surface area contributed by atoms with E-state index < -0.39 is 11.6 Å². The van der Waals surface area contributed by atoms with Crippen LogP contribution >= 0.6 is 21.6 Å². The van der Waals surface area contributed by atoms with E-state index in [1.54, 1.807) is 0 Å². The van der Waals surface area contributed by atoms with E-state index in [-0.39, 0.29) is 24.1 Å². The molecule has 0 fully saturated rings. The lowest BCUT2D eigenvalue weighted by Crippen LogP contribution is -2.07. The number of rotatable bonds is 7. The minimum atomic E-state index is -0.662. The summed E-state index contributed by atoms with van der Waals surface area (Å²) in [4.78, 5) is 4.39. The van der Waals surface area contributed by atoms with Crippen LogP contribution in [-0.2, 0) is 16.2 Å². The highest BCUT2D eigenvalue weighted by molar-refractivity contribution is 8.76. The molecule has 3 aromatic rings. The average molecular weight is 428 g/mol. The molecule has 2 nitrogen and oxygen atoms in total. The molecule has 0 bridgehead atoms. The molecule has 148 valence electrons. The first-order valence-corrected chi connectivity index (χ1v) is 11.7. The van der Waals surface area contributed by atoms with Crippen LogP contribution in [0.25, 0.3) is 0 Å². The Kier molecular flexibility index (Phi) is 6.52. The quantitative estimate of drug-likeness (QED) is 0.315. The Morgan fingerprint density at radius 2 is 1.41 bits per heavy atom. The van der Waals surface area contributed by atoms with Gasteiger partial charge in [0, 0.05) is 11.5 Å². The van der Waals surface area contributed by atoms with E-state index in [1.807, 2.05) is 39.8 Å². The van der Waals surface area contributed by atoms with Crippen LogP contribution in [0, 0.1) is 11.6 Å². The largest absolute Gasteiger partial charge is 0.475 e. The molecule has 0 aliphatic carbocycles. The van der Waals surface area contributed by atoms with Gasteiger partial charge in [0.2, 0.25) is 5.90 Å². The summed E-state index contributed by atoms with van der Waals surface area (Å²) in [6.07, 6.45) is 0. The molecule has 6 heteroatoms. The van der Waals surface area contributed by atoms with Gasteiger partial charge in [0.1, 0.15) is 29.8 Å². The zero-order chi connectivity index (χ0) is 20.1. The van der Waals surface area contributed by atoms with Crippen molar-refractivity contribution in [2.75, 3.05) is 6.61 Å². The Morgan fingerprint density at radius 3 is 2.07 bits per heavy atom. The van der Waals surface area contributed by atoms with Gasteiger partial charge in [-0.05, 0) is 28.8 Å². The summed E-state index contributed by atoms with van der Waals surface area (Å²) in [5, 5.41) is 0. The van der Waals surface area contributed by atoms with E-state index in [0.29, 0.717) is 0 Å². The average Bonchev–Trinajstić information content (AvgIpc) is 3.22. The van der Waals surface area contributed by atoms with Crippen molar-refractivity contribution in [1.82, 2.24) is 0 Å². The molecule has 3 aromatic carbocycles. The van der Waals surface area contributed by atoms with Gasteiger partial charge >= 0.3 is 0 Å². The molecular formula is C23H19F2NOS2. The molecule has 1 aliphatic rings. The highest BCUT2D eigenvalue weighted by Crippen LogP contribution is 2.31. The topological polar surface area (TPSA) is 21.6 Å². The summed E-state index contributed by atoms with van der Waals surface area (Å²) in [6, 6.07) is 22.1. The monoisotopic (exact) mass is 427 g/mol. The van der Waals surface area contributed by atoms with Crippen LogP contribution in [0.1, 0.15) is 28.3 Å². The second-order valence-electron chi connectivity index (χ2n) is 6.61. The van der Waals surface area contributed by atoms with E-state index in [2.05, 4.69) is 41.4 Å². The van der Waals surface area contributed by atoms with Crippen molar-refractivity contribution in [3.05, 3.63) is 107 Å². The SMILES string of the molecule is Fc1cccc(F)c1C1=NC(c2ccc(CSSCc3ccccc3)cc2)CO1. The van der Waals surface area contributed by atoms with Crippen molar-refractivity contribution >= 4 is 27.5 Å². The highest BCUT2D eigenvalue weighted by atomic mass is 33.1. The summed E-state index contributed by atoms with van der Waals surface area (Å²) >= 11 is 0. The number of halogens is 2. The molecule has 1 heterocycles. The van der Waals surface area contributed by atoms with Gasteiger partial charge in [0.15, 0.2) is 0 Å². The van der Waals surface area contributed by atoms with E-state index in [9.17, 15) is 8.78 Å². The zero-order valence-electron chi connectivity index (χ0n) is 15.6. The van der Waals surface area contributed by atoms with Crippen molar-refractivity contribution in [2.24, 2.45) is 4.99 Å². The van der Waals surface area contributed by atoms with Crippen LogP contribution in [-0.4, -0.2) is 12.5 Å². The minimum absolute atomic E-state index is 0.0301. The molecule has 0 amide bonds. The smallest absolute Gasteiger partial charge is 0.222 e. The van der Waals surface area contributed by atoms with E-state index in [0.717, 1.165) is 17.1 Å². The first kappa shape index (κ1) is 20.0. The summed E-state index contributed by atoms with van der Waals surface area (Å²) in [5.41, 5.74) is 3.32. The Hall–Kier alpha value is -2.31. The Balaban J connectivity index is 1.34. The fourth-order valence-electron chi connectivity index (χ4n) is 3.01. The van der Waals surface area contributed by atoms with E-state index >= 15 is 0 Å². The molecule has 1 atom stereocenters. The first-order valence-electron chi connectivity index (χ1n) is 9.23. The molecule has 1 unspecified atom stereocenters. The number of nitrogens with zero attached hydrogens (tertiary/aromatic N) is 1. The van der Waals surface area contributed by atoms with Crippen molar-refractivity contribution < 1.29 is 13.5 Å². The maximum Gasteiger partial charge on any atom is 0.222 e. The fraction of sp³-hybridized carbons (Fsp3) is 0.174. The molecular weight excluding hydrogens is 408 g/mol. The second-order valence-corrected chi connectivity index (χ2v) is 9.07. The lowest BCUT2D eigenvalue weighted by atomic mass is 10.1. The van der Waals surface area contributed by atoms with Gasteiger partial charge in [-0.3, -0.25) is 0 Å². The maximum absolute atomic E-state index is 13.9. The van der Waals surface area contributed by atoms with Gasteiger partial charge in [-0.2, -0.15) is 0 Å². The van der Waals surface area contributed by atoms with Crippen molar-refractivity contribution in [3.8, 4) is 0 Å². The first-order chi connectivity index (χ1) is 14.2. The van der Waals surface area contributed by atoms with Crippen LogP contribution in [0.15, 0.2) is 77.8 Å². The second kappa shape index (κ2) is 9.46. The van der Waals surface area contributed by atoms with Gasteiger partial charge in [-0.25, -0.2) is 13.8 Å². The summed E-state index contributed by atoms with van der Waals surface area (Å²) in [5.74, 6) is 0.596. The molecule has 0 spiro atoms. The molecule has 0 N–H and O–H groups in total. The number of ether oxygens (including phenoxy) is 1. The maximum atomic E-state index is 13.9. The number of benzene rings is 3. The Morgan fingerprint density at radius 1 is 0.793 bits per heavy atom. The fourth-order valence-corrected chi connectivity index (χ4v) is 5.15. The van der Waals surface area contributed by atoms with E-state index in [4.69, 9.17) is 4.74 Å². The lowest BCUT2D eigenvalue weighted by Gasteiger charge is -2.07. The summed E-state index contributed by atoms with van der Waals surface area (Å²) < 4.78 is 33.4. The van der Waals surface area contributed by atoms with Crippen molar-refractivity contribution in [2.45, 2.75) is 17.5 Å². The van der Waals surface area contributed by atoms with Gasteiger partial charge in [0.05, 0.1) is 0 Å². The molecule has 4 rings (SSSR count).